The lowest BCUT2D eigenvalue weighted by atomic mass is 9.78. The van der Waals surface area contributed by atoms with E-state index in [1.165, 1.54) is 51.5 Å². The van der Waals surface area contributed by atoms with Gasteiger partial charge in [-0.05, 0) is 50.1 Å². The number of aromatic hydroxyl groups is 4. The van der Waals surface area contributed by atoms with Crippen LogP contribution < -0.4 is 26.9 Å². The Morgan fingerprint density at radius 2 is 1.51 bits per heavy atom. The molecule has 0 unspecified atom stereocenters. The average Bonchev–Trinajstić information content (AvgIpc) is 3.80. The second-order valence-electron chi connectivity index (χ2n) is 19.5. The maximum Gasteiger partial charge on any atom is 0.312 e. The van der Waals surface area contributed by atoms with Gasteiger partial charge in [0.2, 0.25) is 0 Å². The summed E-state index contributed by atoms with van der Waals surface area (Å²) in [5.41, 5.74) is -0.111. The van der Waals surface area contributed by atoms with Crippen molar-refractivity contribution in [2.75, 3.05) is 32.1 Å². The number of ether oxygens (including phenoxy) is 4. The first kappa shape index (κ1) is 54.9. The SMILES string of the molecule is CO[C@H]1/C=C/O[C@@]2(C)Oc3c(C)c(O)c4c(O)c(c5c(c4c3C2=O)NC2(CCN(CC(C)C)CC2)N=5)=NC(=O)/C(C)=C\C=C\[C@H](C)[C@H](O)[C@@H](C)[C@@H](O)[C@@H](C)[C@H](OC(C)=O)[C@@H]1C.N.Oc1ccc(O)cc1. The van der Waals surface area contributed by atoms with Gasteiger partial charge < -0.3 is 66.0 Å². The number of likely N-dealkylation sites (tertiary alicyclic amines) is 1. The van der Waals surface area contributed by atoms with Gasteiger partial charge in [0.25, 0.3) is 11.7 Å². The van der Waals surface area contributed by atoms with E-state index < -0.39 is 82.9 Å². The van der Waals surface area contributed by atoms with E-state index in [1.54, 1.807) is 65.8 Å². The summed E-state index contributed by atoms with van der Waals surface area (Å²) in [6, 6.07) is 5.70. The van der Waals surface area contributed by atoms with E-state index in [1.807, 2.05) is 0 Å². The van der Waals surface area contributed by atoms with E-state index in [0.717, 1.165) is 19.6 Å². The second-order valence-corrected chi connectivity index (χ2v) is 19.5. The Labute approximate surface area is 408 Å². The van der Waals surface area contributed by atoms with Crippen molar-refractivity contribution in [1.82, 2.24) is 11.1 Å². The molecule has 10 N–H and O–H groups in total. The van der Waals surface area contributed by atoms with E-state index in [9.17, 15) is 34.8 Å². The largest absolute Gasteiger partial charge is 0.508 e. The molecule has 18 heteroatoms. The quantitative estimate of drug-likeness (QED) is 0.110. The summed E-state index contributed by atoms with van der Waals surface area (Å²) in [6.45, 7) is 19.6. The first-order valence-electron chi connectivity index (χ1n) is 23.5. The maximum atomic E-state index is 14.7. The van der Waals surface area contributed by atoms with Gasteiger partial charge in [0.1, 0.15) is 45.5 Å². The van der Waals surface area contributed by atoms with Gasteiger partial charge in [-0.2, -0.15) is 0 Å². The molecular formula is C52H71N5O13. The van der Waals surface area contributed by atoms with Crippen LogP contribution >= 0.6 is 0 Å². The number of hydrogen-bond donors (Lipinski definition) is 8. The number of rotatable bonds is 4. The number of nitrogens with zero attached hydrogens (tertiary/aromatic N) is 3. The summed E-state index contributed by atoms with van der Waals surface area (Å²) in [5, 5.41) is 67.8. The summed E-state index contributed by atoms with van der Waals surface area (Å²) < 4.78 is 24.0. The maximum absolute atomic E-state index is 14.7. The van der Waals surface area contributed by atoms with E-state index in [4.69, 9.17) is 34.2 Å². The number of amides is 1. The zero-order valence-corrected chi connectivity index (χ0v) is 42.0. The number of aliphatic hydroxyl groups is 2. The Balaban J connectivity index is 0.000000920. The molecule has 7 rings (SSSR count). The second kappa shape index (κ2) is 21.9. The smallest absolute Gasteiger partial charge is 0.312 e. The first-order valence-corrected chi connectivity index (χ1v) is 23.5. The van der Waals surface area contributed by atoms with E-state index in [2.05, 4.69) is 29.1 Å². The molecule has 382 valence electrons. The molecule has 1 saturated heterocycles. The van der Waals surface area contributed by atoms with Crippen LogP contribution in [0.15, 0.2) is 70.4 Å². The number of hydrogen-bond acceptors (Lipinski definition) is 17. The number of allylic oxidation sites excluding steroid dienone is 2. The number of methoxy groups -OCH3 is 1. The zero-order chi connectivity index (χ0) is 50.9. The highest BCUT2D eigenvalue weighted by Gasteiger charge is 2.51. The Kier molecular flexibility index (Phi) is 17.2. The molecule has 4 aliphatic heterocycles. The molecule has 4 heterocycles. The van der Waals surface area contributed by atoms with Crippen LogP contribution in [0, 0.1) is 36.5 Å². The van der Waals surface area contributed by atoms with E-state index in [0.29, 0.717) is 24.4 Å². The van der Waals surface area contributed by atoms with Gasteiger partial charge in [0.15, 0.2) is 5.75 Å². The average molecular weight is 974 g/mol. The van der Waals surface area contributed by atoms with Gasteiger partial charge in [0.05, 0.1) is 41.2 Å². The number of anilines is 1. The summed E-state index contributed by atoms with van der Waals surface area (Å²) in [4.78, 5) is 52.9. The highest BCUT2D eigenvalue weighted by molar-refractivity contribution is 6.21. The van der Waals surface area contributed by atoms with Crippen molar-refractivity contribution >= 4 is 34.1 Å². The number of aliphatic hydroxyl groups excluding tert-OH is 2. The number of piperidine rings is 1. The molecule has 70 heavy (non-hydrogen) atoms. The van der Waals surface area contributed by atoms with Crippen molar-refractivity contribution in [2.24, 2.45) is 39.6 Å². The van der Waals surface area contributed by atoms with E-state index in [-0.39, 0.29) is 67.3 Å². The fourth-order valence-corrected chi connectivity index (χ4v) is 9.69. The topological polar surface area (TPSA) is 284 Å². The monoisotopic (exact) mass is 974 g/mol. The van der Waals surface area contributed by atoms with E-state index >= 15 is 0 Å². The summed E-state index contributed by atoms with van der Waals surface area (Å²) >= 11 is 0. The van der Waals surface area contributed by atoms with Crippen LogP contribution in [0.3, 0.4) is 0 Å². The van der Waals surface area contributed by atoms with Gasteiger partial charge in [-0.1, -0.05) is 59.8 Å². The number of esters is 1. The predicted octanol–water partition coefficient (Wildman–Crippen LogP) is 6.01. The molecule has 0 aromatic heterocycles. The summed E-state index contributed by atoms with van der Waals surface area (Å²) in [5.74, 6) is -6.23. The highest BCUT2D eigenvalue weighted by atomic mass is 16.7. The lowest BCUT2D eigenvalue weighted by Crippen LogP contribution is -2.47. The molecule has 1 amide bonds. The molecule has 4 bridgehead atoms. The van der Waals surface area contributed by atoms with Crippen LogP contribution in [0.4, 0.5) is 5.69 Å². The number of carbonyl (C=O) groups is 3. The number of fused-ring (bicyclic) bond motifs is 1. The number of carbonyl (C=O) groups excluding carboxylic acids is 3. The molecular weight excluding hydrogens is 903 g/mol. The van der Waals surface area contributed by atoms with Crippen molar-refractivity contribution in [3.63, 3.8) is 0 Å². The van der Waals surface area contributed by atoms with Crippen LogP contribution in [0.1, 0.15) is 91.1 Å². The lowest BCUT2D eigenvalue weighted by molar-refractivity contribution is -0.160. The van der Waals surface area contributed by atoms with Crippen molar-refractivity contribution < 1.29 is 64.0 Å². The Morgan fingerprint density at radius 1 is 0.900 bits per heavy atom. The third-order valence-electron chi connectivity index (χ3n) is 13.8. The number of phenols is 4. The minimum Gasteiger partial charge on any atom is -0.508 e. The molecule has 0 radical (unpaired) electrons. The van der Waals surface area contributed by atoms with Crippen LogP contribution in [0.2, 0.25) is 0 Å². The predicted molar refractivity (Wildman–Crippen MR) is 262 cm³/mol. The third kappa shape index (κ3) is 11.1. The highest BCUT2D eigenvalue weighted by Crippen LogP contribution is 2.51. The first-order chi connectivity index (χ1) is 32.4. The minimum atomic E-state index is -1.95. The Hall–Kier alpha value is -6.05. The zero-order valence-electron chi connectivity index (χ0n) is 42.0. The van der Waals surface area contributed by atoms with Gasteiger partial charge in [0, 0.05) is 93.6 Å². The number of nitrogens with one attached hydrogen (secondary N) is 1. The van der Waals surface area contributed by atoms with Gasteiger partial charge >= 0.3 is 11.8 Å². The van der Waals surface area contributed by atoms with Crippen molar-refractivity contribution in [3.05, 3.63) is 82.2 Å². The molecule has 4 aliphatic rings. The van der Waals surface area contributed by atoms with Gasteiger partial charge in [-0.25, -0.2) is 4.99 Å². The van der Waals surface area contributed by atoms with Gasteiger partial charge in [-0.3, -0.25) is 19.4 Å². The number of Topliss-reactive ketones (excluding diaryl/α,β-unsaturated/α-hetero) is 1. The number of ketones is 1. The molecule has 3 aromatic rings. The van der Waals surface area contributed by atoms with Crippen molar-refractivity contribution in [1.29, 1.82) is 0 Å². The normalized spacial score (nSPS) is 29.5. The molecule has 1 spiro atoms. The Morgan fingerprint density at radius 3 is 2.09 bits per heavy atom. The molecule has 1 fully saturated rings. The molecule has 0 aliphatic carbocycles. The van der Waals surface area contributed by atoms with Crippen LogP contribution in [-0.2, 0) is 23.8 Å². The van der Waals surface area contributed by atoms with Crippen LogP contribution in [-0.4, -0.2) is 116 Å². The lowest BCUT2D eigenvalue weighted by Gasteiger charge is -2.38. The molecule has 3 aromatic carbocycles. The van der Waals surface area contributed by atoms with Crippen LogP contribution in [0.25, 0.3) is 10.8 Å². The fourth-order valence-electron chi connectivity index (χ4n) is 9.69. The Bertz CT molecular complexity index is 2640. The third-order valence-corrected chi connectivity index (χ3v) is 13.8. The van der Waals surface area contributed by atoms with Crippen molar-refractivity contribution in [2.45, 2.75) is 118 Å². The fraction of sp³-hybridized carbons (Fsp3) is 0.519. The molecule has 9 atom stereocenters. The molecule has 0 saturated carbocycles. The minimum absolute atomic E-state index is 0. The standard InChI is InChI=1S/C46H62N4O11.C6H6O2.H3N/c1-22(2)21-50-18-16-46(17-19-50)48-34-31-32-39(54)28(8)42-33(31)43(56)45(10,61-42)59-20-15-30(58-11)25(5)41(60-29(9)51)27(7)38(53)26(6)37(52)23(3)13-12-14-24(4)44(57)47-36(40(32)55)35(34)49-46;7-5-1-2-6(8)4-3-5;/h12-15,20,22-23,25-27,30,37-38,41,48,52-55H,16-19,21H2,1-11H3;1-4,7-8H;1H3/b13-12+,20-15+,24-14-,47-36?;;/t23-,25+,26+,27+,30-,37-,38+,41+,45-;;/m0../s1. The number of benzene rings is 3. The molecule has 18 nitrogen and oxygen atoms in total. The summed E-state index contributed by atoms with van der Waals surface area (Å²) in [7, 11) is 1.47. The van der Waals surface area contributed by atoms with Gasteiger partial charge in [-0.15, -0.1) is 0 Å². The van der Waals surface area contributed by atoms with Crippen molar-refractivity contribution in [3.8, 4) is 28.7 Å². The number of phenolic OH excluding ortho intramolecular Hbond substituents is 4. The summed E-state index contributed by atoms with van der Waals surface area (Å²) in [6.07, 6.45) is 5.07. The van der Waals surface area contributed by atoms with Crippen LogP contribution in [0.5, 0.6) is 28.7 Å².